The Morgan fingerprint density at radius 1 is 1.32 bits per heavy atom. The molecule has 0 bridgehead atoms. The third-order valence-corrected chi connectivity index (χ3v) is 3.86. The molecular weight excluding hydrogens is 244 g/mol. The number of carboxylic acid groups (broad SMARTS) is 1. The first-order valence-corrected chi connectivity index (χ1v) is 6.53. The molecule has 1 aliphatic rings. The number of carbonyl (C=O) groups is 1. The van der Waals surface area contributed by atoms with Crippen LogP contribution in [0.15, 0.2) is 12.1 Å². The number of methoxy groups -OCH3 is 2. The summed E-state index contributed by atoms with van der Waals surface area (Å²) >= 11 is 0. The Bertz CT molecular complexity index is 489. The molecule has 0 heterocycles. The molecule has 1 aromatic rings. The van der Waals surface area contributed by atoms with Gasteiger partial charge in [0.1, 0.15) is 0 Å². The number of rotatable bonds is 6. The molecule has 1 N–H and O–H groups in total. The van der Waals surface area contributed by atoms with Gasteiger partial charge in [-0.15, -0.1) is 0 Å². The van der Waals surface area contributed by atoms with E-state index < -0.39 is 5.97 Å². The maximum absolute atomic E-state index is 11.1. The standard InChI is InChI=1S/C15H20O4/c1-4-10-7-11(14(19-3)12(8-10)18-2)15(5-6-15)9-13(16)17/h7-8H,4-6,9H2,1-3H3,(H,16,17). The Morgan fingerprint density at radius 3 is 2.42 bits per heavy atom. The van der Waals surface area contributed by atoms with E-state index in [-0.39, 0.29) is 11.8 Å². The van der Waals surface area contributed by atoms with Crippen LogP contribution >= 0.6 is 0 Å². The Hall–Kier alpha value is -1.71. The summed E-state index contributed by atoms with van der Waals surface area (Å²) in [6.45, 7) is 2.07. The van der Waals surface area contributed by atoms with Crippen LogP contribution in [-0.4, -0.2) is 25.3 Å². The number of hydrogen-bond acceptors (Lipinski definition) is 3. The highest BCUT2D eigenvalue weighted by atomic mass is 16.5. The van der Waals surface area contributed by atoms with Gasteiger partial charge in [0, 0.05) is 11.0 Å². The Kier molecular flexibility index (Phi) is 3.69. The van der Waals surface area contributed by atoms with Gasteiger partial charge in [0.15, 0.2) is 11.5 Å². The van der Waals surface area contributed by atoms with Crippen LogP contribution in [0.4, 0.5) is 0 Å². The van der Waals surface area contributed by atoms with Crippen LogP contribution in [0.2, 0.25) is 0 Å². The van der Waals surface area contributed by atoms with Gasteiger partial charge in [-0.3, -0.25) is 4.79 Å². The first-order chi connectivity index (χ1) is 9.06. The van der Waals surface area contributed by atoms with Crippen molar-refractivity contribution >= 4 is 5.97 Å². The number of aliphatic carboxylic acids is 1. The smallest absolute Gasteiger partial charge is 0.304 e. The number of hydrogen-bond donors (Lipinski definition) is 1. The fraction of sp³-hybridized carbons (Fsp3) is 0.533. The number of carboxylic acids is 1. The normalized spacial score (nSPS) is 15.9. The Labute approximate surface area is 113 Å². The van der Waals surface area contributed by atoms with Crippen LogP contribution in [0.25, 0.3) is 0 Å². The summed E-state index contributed by atoms with van der Waals surface area (Å²) in [7, 11) is 3.21. The second kappa shape index (κ2) is 5.11. The maximum Gasteiger partial charge on any atom is 0.304 e. The lowest BCUT2D eigenvalue weighted by molar-refractivity contribution is -0.137. The Balaban J connectivity index is 2.51. The molecule has 0 saturated heterocycles. The maximum atomic E-state index is 11.1. The second-order valence-electron chi connectivity index (χ2n) is 5.08. The molecule has 0 amide bonds. The van der Waals surface area contributed by atoms with E-state index in [1.165, 1.54) is 0 Å². The van der Waals surface area contributed by atoms with Crippen LogP contribution in [0.1, 0.15) is 37.3 Å². The van der Waals surface area contributed by atoms with Gasteiger partial charge >= 0.3 is 5.97 Å². The van der Waals surface area contributed by atoms with Gasteiger partial charge in [0.05, 0.1) is 20.6 Å². The van der Waals surface area contributed by atoms with E-state index in [9.17, 15) is 4.79 Å². The van der Waals surface area contributed by atoms with Gasteiger partial charge < -0.3 is 14.6 Å². The molecule has 2 rings (SSSR count). The minimum absolute atomic E-state index is 0.152. The molecule has 1 aliphatic carbocycles. The third-order valence-electron chi connectivity index (χ3n) is 3.86. The zero-order valence-electron chi connectivity index (χ0n) is 11.7. The largest absolute Gasteiger partial charge is 0.493 e. The minimum Gasteiger partial charge on any atom is -0.493 e. The van der Waals surface area contributed by atoms with E-state index in [2.05, 4.69) is 13.0 Å². The summed E-state index contributed by atoms with van der Waals surface area (Å²) in [5.41, 5.74) is 1.85. The SMILES string of the molecule is CCc1cc(OC)c(OC)c(C2(CC(=O)O)CC2)c1. The van der Waals surface area contributed by atoms with Crippen molar-refractivity contribution in [3.05, 3.63) is 23.3 Å². The Morgan fingerprint density at radius 2 is 2.00 bits per heavy atom. The minimum atomic E-state index is -0.763. The molecule has 0 aromatic heterocycles. The number of ether oxygens (including phenoxy) is 2. The van der Waals surface area contributed by atoms with Crippen LogP contribution in [-0.2, 0) is 16.6 Å². The molecule has 104 valence electrons. The molecule has 0 radical (unpaired) electrons. The molecule has 0 aliphatic heterocycles. The van der Waals surface area contributed by atoms with Crippen molar-refractivity contribution in [3.8, 4) is 11.5 Å². The number of aryl methyl sites for hydroxylation is 1. The van der Waals surface area contributed by atoms with Crippen LogP contribution < -0.4 is 9.47 Å². The van der Waals surface area contributed by atoms with E-state index in [4.69, 9.17) is 14.6 Å². The van der Waals surface area contributed by atoms with Gasteiger partial charge in [-0.1, -0.05) is 13.0 Å². The topological polar surface area (TPSA) is 55.8 Å². The zero-order chi connectivity index (χ0) is 14.0. The molecule has 19 heavy (non-hydrogen) atoms. The van der Waals surface area contributed by atoms with E-state index in [1.807, 2.05) is 6.07 Å². The lowest BCUT2D eigenvalue weighted by Crippen LogP contribution is -2.15. The van der Waals surface area contributed by atoms with Gasteiger partial charge in [0.25, 0.3) is 0 Å². The van der Waals surface area contributed by atoms with Crippen LogP contribution in [0, 0.1) is 0 Å². The first-order valence-electron chi connectivity index (χ1n) is 6.53. The molecule has 1 fully saturated rings. The van der Waals surface area contributed by atoms with Gasteiger partial charge in [0.2, 0.25) is 0 Å². The van der Waals surface area contributed by atoms with E-state index >= 15 is 0 Å². The molecule has 1 saturated carbocycles. The molecule has 4 nitrogen and oxygen atoms in total. The van der Waals surface area contributed by atoms with Crippen molar-refractivity contribution in [2.75, 3.05) is 14.2 Å². The highest BCUT2D eigenvalue weighted by molar-refractivity contribution is 5.71. The first kappa shape index (κ1) is 13.7. The van der Waals surface area contributed by atoms with Crippen molar-refractivity contribution in [1.82, 2.24) is 0 Å². The highest BCUT2D eigenvalue weighted by Crippen LogP contribution is 2.55. The van der Waals surface area contributed by atoms with Gasteiger partial charge in [-0.2, -0.15) is 0 Å². The van der Waals surface area contributed by atoms with Gasteiger partial charge in [-0.05, 0) is 30.9 Å². The molecule has 0 spiro atoms. The predicted octanol–water partition coefficient (Wildman–Crippen LogP) is 2.77. The van der Waals surface area contributed by atoms with E-state index in [1.54, 1.807) is 14.2 Å². The van der Waals surface area contributed by atoms with Crippen molar-refractivity contribution in [3.63, 3.8) is 0 Å². The second-order valence-corrected chi connectivity index (χ2v) is 5.08. The molecular formula is C15H20O4. The van der Waals surface area contributed by atoms with Crippen molar-refractivity contribution in [2.45, 2.75) is 38.0 Å². The van der Waals surface area contributed by atoms with Crippen LogP contribution in [0.3, 0.4) is 0 Å². The summed E-state index contributed by atoms with van der Waals surface area (Å²) < 4.78 is 10.8. The summed E-state index contributed by atoms with van der Waals surface area (Å²) in [6, 6.07) is 4.02. The summed E-state index contributed by atoms with van der Waals surface area (Å²) in [5, 5.41) is 9.09. The summed E-state index contributed by atoms with van der Waals surface area (Å²) in [6.07, 6.45) is 2.83. The lowest BCUT2D eigenvalue weighted by Gasteiger charge is -2.20. The van der Waals surface area contributed by atoms with Crippen molar-refractivity contribution < 1.29 is 19.4 Å². The lowest BCUT2D eigenvalue weighted by atomic mass is 9.89. The van der Waals surface area contributed by atoms with Gasteiger partial charge in [-0.25, -0.2) is 0 Å². The highest BCUT2D eigenvalue weighted by Gasteiger charge is 2.48. The van der Waals surface area contributed by atoms with Crippen LogP contribution in [0.5, 0.6) is 11.5 Å². The molecule has 0 atom stereocenters. The monoisotopic (exact) mass is 264 g/mol. The average Bonchev–Trinajstić information content (AvgIpc) is 3.16. The summed E-state index contributed by atoms with van der Waals surface area (Å²) in [5.74, 6) is 0.604. The quantitative estimate of drug-likeness (QED) is 0.858. The van der Waals surface area contributed by atoms with Crippen molar-refractivity contribution in [1.29, 1.82) is 0 Å². The molecule has 1 aromatic carbocycles. The number of benzene rings is 1. The van der Waals surface area contributed by atoms with E-state index in [0.717, 1.165) is 30.4 Å². The predicted molar refractivity (Wildman–Crippen MR) is 72.1 cm³/mol. The zero-order valence-corrected chi connectivity index (χ0v) is 11.7. The van der Waals surface area contributed by atoms with Crippen molar-refractivity contribution in [2.24, 2.45) is 0 Å². The third kappa shape index (κ3) is 2.53. The summed E-state index contributed by atoms with van der Waals surface area (Å²) in [4.78, 5) is 11.1. The fourth-order valence-electron chi connectivity index (χ4n) is 2.60. The fourth-order valence-corrected chi connectivity index (χ4v) is 2.60. The average molecular weight is 264 g/mol. The molecule has 4 heteroatoms. The van der Waals surface area contributed by atoms with E-state index in [0.29, 0.717) is 11.5 Å². The molecule has 0 unspecified atom stereocenters.